The third-order valence-electron chi connectivity index (χ3n) is 2.56. The molecule has 0 aliphatic carbocycles. The van der Waals surface area contributed by atoms with Crippen LogP contribution in [-0.2, 0) is 0 Å². The predicted molar refractivity (Wildman–Crippen MR) is 59.4 cm³/mol. The minimum atomic E-state index is -0.807. The Morgan fingerprint density at radius 3 is 2.56 bits per heavy atom. The van der Waals surface area contributed by atoms with Gasteiger partial charge in [0.15, 0.2) is 0 Å². The fourth-order valence-corrected chi connectivity index (χ4v) is 1.63. The van der Waals surface area contributed by atoms with Gasteiger partial charge in [-0.2, -0.15) is 0 Å². The molecule has 82 valence electrons. The molecule has 0 amide bonds. The van der Waals surface area contributed by atoms with E-state index in [1.807, 2.05) is 6.92 Å². The van der Waals surface area contributed by atoms with Crippen molar-refractivity contribution >= 4 is 0 Å². The number of rotatable bonds is 2. The summed E-state index contributed by atoms with van der Waals surface area (Å²) in [7, 11) is 0. The third kappa shape index (κ3) is 2.09. The summed E-state index contributed by atoms with van der Waals surface area (Å²) < 4.78 is 13.1. The van der Waals surface area contributed by atoms with Crippen LogP contribution >= 0.6 is 0 Å². The van der Waals surface area contributed by atoms with Gasteiger partial charge in [-0.1, -0.05) is 6.07 Å². The van der Waals surface area contributed by atoms with Crippen LogP contribution in [0.1, 0.15) is 22.8 Å². The molecule has 3 heteroatoms. The molecule has 0 aliphatic heterocycles. The minimum absolute atomic E-state index is 0.339. The molecular weight excluding hydrogens is 205 g/mol. The first-order valence-corrected chi connectivity index (χ1v) is 5.02. The number of pyridine rings is 1. The van der Waals surface area contributed by atoms with Crippen LogP contribution in [-0.4, -0.2) is 10.1 Å². The zero-order valence-electron chi connectivity index (χ0n) is 8.89. The lowest BCUT2D eigenvalue weighted by molar-refractivity contribution is 0.219. The van der Waals surface area contributed by atoms with Gasteiger partial charge in [0.1, 0.15) is 11.9 Å². The fourth-order valence-electron chi connectivity index (χ4n) is 1.63. The summed E-state index contributed by atoms with van der Waals surface area (Å²) in [5.41, 5.74) is 2.17. The molecule has 0 bridgehead atoms. The fraction of sp³-hybridized carbons (Fsp3) is 0.154. The number of hydrogen-bond donors (Lipinski definition) is 1. The van der Waals surface area contributed by atoms with Crippen LogP contribution in [0.5, 0.6) is 0 Å². The average Bonchev–Trinajstić information content (AvgIpc) is 2.32. The normalized spacial score (nSPS) is 12.4. The molecule has 1 heterocycles. The zero-order valence-corrected chi connectivity index (χ0v) is 8.89. The van der Waals surface area contributed by atoms with E-state index in [0.717, 1.165) is 5.56 Å². The van der Waals surface area contributed by atoms with Crippen LogP contribution in [0.4, 0.5) is 4.39 Å². The second-order valence-corrected chi connectivity index (χ2v) is 3.68. The van der Waals surface area contributed by atoms with Crippen LogP contribution in [0.15, 0.2) is 42.7 Å². The molecule has 0 aliphatic rings. The molecule has 0 saturated carbocycles. The van der Waals surface area contributed by atoms with Crippen molar-refractivity contribution in [2.45, 2.75) is 13.0 Å². The molecule has 0 spiro atoms. The highest BCUT2D eigenvalue weighted by molar-refractivity contribution is 5.34. The molecule has 2 aromatic rings. The second kappa shape index (κ2) is 4.41. The summed E-state index contributed by atoms with van der Waals surface area (Å²) in [5, 5.41) is 10.1. The van der Waals surface area contributed by atoms with Gasteiger partial charge in [-0.3, -0.25) is 4.98 Å². The number of benzene rings is 1. The van der Waals surface area contributed by atoms with E-state index in [0.29, 0.717) is 11.1 Å². The average molecular weight is 217 g/mol. The number of aliphatic hydroxyl groups is 1. The van der Waals surface area contributed by atoms with Gasteiger partial charge < -0.3 is 5.11 Å². The van der Waals surface area contributed by atoms with Crippen molar-refractivity contribution < 1.29 is 9.50 Å². The van der Waals surface area contributed by atoms with E-state index in [2.05, 4.69) is 4.98 Å². The van der Waals surface area contributed by atoms with Gasteiger partial charge in [0, 0.05) is 12.4 Å². The second-order valence-electron chi connectivity index (χ2n) is 3.68. The smallest absolute Gasteiger partial charge is 0.123 e. The maximum atomic E-state index is 13.1. The van der Waals surface area contributed by atoms with Crippen LogP contribution in [0.2, 0.25) is 0 Å². The van der Waals surface area contributed by atoms with Gasteiger partial charge in [-0.15, -0.1) is 0 Å². The molecule has 1 aromatic carbocycles. The van der Waals surface area contributed by atoms with E-state index in [9.17, 15) is 9.50 Å². The van der Waals surface area contributed by atoms with Crippen LogP contribution in [0.25, 0.3) is 0 Å². The Balaban J connectivity index is 2.41. The first-order chi connectivity index (χ1) is 7.68. The summed E-state index contributed by atoms with van der Waals surface area (Å²) in [5.74, 6) is -0.339. The Hall–Kier alpha value is -1.74. The monoisotopic (exact) mass is 217 g/mol. The number of halogens is 1. The van der Waals surface area contributed by atoms with Gasteiger partial charge in [0.05, 0.1) is 0 Å². The maximum absolute atomic E-state index is 13.1. The molecule has 1 N–H and O–H groups in total. The lowest BCUT2D eigenvalue weighted by atomic mass is 9.98. The van der Waals surface area contributed by atoms with E-state index in [1.54, 1.807) is 30.6 Å². The summed E-state index contributed by atoms with van der Waals surface area (Å²) in [4.78, 5) is 3.88. The molecule has 2 nitrogen and oxygen atoms in total. The summed E-state index contributed by atoms with van der Waals surface area (Å²) in [6.45, 7) is 1.85. The van der Waals surface area contributed by atoms with Crippen molar-refractivity contribution in [3.63, 3.8) is 0 Å². The summed E-state index contributed by atoms with van der Waals surface area (Å²) in [6.07, 6.45) is 2.40. The van der Waals surface area contributed by atoms with Gasteiger partial charge in [-0.25, -0.2) is 4.39 Å². The molecular formula is C13H12FNO. The van der Waals surface area contributed by atoms with Crippen molar-refractivity contribution in [1.29, 1.82) is 0 Å². The SMILES string of the molecule is Cc1ccc(F)cc1C(O)c1ccncc1. The molecule has 1 aromatic heterocycles. The standard InChI is InChI=1S/C13H12FNO/c1-9-2-3-11(14)8-12(9)13(16)10-4-6-15-7-5-10/h2-8,13,16H,1H3. The lowest BCUT2D eigenvalue weighted by Crippen LogP contribution is -2.02. The number of nitrogens with zero attached hydrogens (tertiary/aromatic N) is 1. The first kappa shape index (κ1) is 10.8. The van der Waals surface area contributed by atoms with Crippen molar-refractivity contribution in [3.05, 3.63) is 65.2 Å². The molecule has 1 atom stereocenters. The number of aromatic nitrogens is 1. The van der Waals surface area contributed by atoms with Gasteiger partial charge >= 0.3 is 0 Å². The van der Waals surface area contributed by atoms with E-state index in [4.69, 9.17) is 0 Å². The molecule has 16 heavy (non-hydrogen) atoms. The van der Waals surface area contributed by atoms with Gasteiger partial charge in [0.25, 0.3) is 0 Å². The van der Waals surface area contributed by atoms with E-state index < -0.39 is 6.10 Å². The summed E-state index contributed by atoms with van der Waals surface area (Å²) in [6, 6.07) is 7.84. The van der Waals surface area contributed by atoms with Crippen LogP contribution in [0, 0.1) is 12.7 Å². The quantitative estimate of drug-likeness (QED) is 0.838. The van der Waals surface area contributed by atoms with Crippen LogP contribution < -0.4 is 0 Å². The Bertz CT molecular complexity index is 485. The third-order valence-corrected chi connectivity index (χ3v) is 2.56. The zero-order chi connectivity index (χ0) is 11.5. The van der Waals surface area contributed by atoms with E-state index in [1.165, 1.54) is 12.1 Å². The topological polar surface area (TPSA) is 33.1 Å². The van der Waals surface area contributed by atoms with Crippen LogP contribution in [0.3, 0.4) is 0 Å². The number of aryl methyl sites for hydroxylation is 1. The van der Waals surface area contributed by atoms with Crippen molar-refractivity contribution in [2.24, 2.45) is 0 Å². The Morgan fingerprint density at radius 1 is 1.19 bits per heavy atom. The predicted octanol–water partition coefficient (Wildman–Crippen LogP) is 2.61. The molecule has 1 unspecified atom stereocenters. The van der Waals surface area contributed by atoms with Crippen molar-refractivity contribution in [1.82, 2.24) is 4.98 Å². The molecule has 0 fully saturated rings. The van der Waals surface area contributed by atoms with Gasteiger partial charge in [0.2, 0.25) is 0 Å². The molecule has 2 rings (SSSR count). The molecule has 0 saturated heterocycles. The van der Waals surface area contributed by atoms with E-state index >= 15 is 0 Å². The first-order valence-electron chi connectivity index (χ1n) is 5.02. The van der Waals surface area contributed by atoms with Crippen molar-refractivity contribution in [2.75, 3.05) is 0 Å². The maximum Gasteiger partial charge on any atom is 0.123 e. The Kier molecular flexibility index (Phi) is 2.97. The highest BCUT2D eigenvalue weighted by Gasteiger charge is 2.13. The number of hydrogen-bond acceptors (Lipinski definition) is 2. The summed E-state index contributed by atoms with van der Waals surface area (Å²) >= 11 is 0. The largest absolute Gasteiger partial charge is 0.384 e. The lowest BCUT2D eigenvalue weighted by Gasteiger charge is -2.13. The molecule has 0 radical (unpaired) electrons. The Morgan fingerprint density at radius 2 is 1.88 bits per heavy atom. The van der Waals surface area contributed by atoms with E-state index in [-0.39, 0.29) is 5.82 Å². The van der Waals surface area contributed by atoms with Crippen molar-refractivity contribution in [3.8, 4) is 0 Å². The number of aliphatic hydroxyl groups excluding tert-OH is 1. The minimum Gasteiger partial charge on any atom is -0.384 e. The highest BCUT2D eigenvalue weighted by Crippen LogP contribution is 2.24. The Labute approximate surface area is 93.4 Å². The highest BCUT2D eigenvalue weighted by atomic mass is 19.1. The van der Waals surface area contributed by atoms with Gasteiger partial charge in [-0.05, 0) is 47.9 Å².